The highest BCUT2D eigenvalue weighted by Gasteiger charge is 2.51. The first-order valence-electron chi connectivity index (χ1n) is 21.4. The molecule has 0 radical (unpaired) electrons. The molecule has 9 heteroatoms. The SMILES string of the molecule is COC(=O)c1ccc(O[C@@H]2O[C@H](COC(c3ccccc3)(c3ccccc3)c3ccccc3)[C@@H](OCc3ccccc3)[C@@H](OCc3ccccc3)[C@H]2OCc2ccccc2)c(OC)c1. The Hall–Kier alpha value is -6.59. The molecule has 0 saturated carbocycles. The van der Waals surface area contributed by atoms with Gasteiger partial charge in [0.25, 0.3) is 0 Å². The van der Waals surface area contributed by atoms with Gasteiger partial charge in [-0.25, -0.2) is 4.79 Å². The van der Waals surface area contributed by atoms with Crippen LogP contribution < -0.4 is 9.47 Å². The normalized spacial score (nSPS) is 18.5. The van der Waals surface area contributed by atoms with Gasteiger partial charge in [0.2, 0.25) is 6.29 Å². The van der Waals surface area contributed by atoms with Crippen LogP contribution in [0.15, 0.2) is 200 Å². The molecular weight excluding hydrogens is 805 g/mol. The lowest BCUT2D eigenvalue weighted by molar-refractivity contribution is -0.312. The number of hydrogen-bond donors (Lipinski definition) is 0. The van der Waals surface area contributed by atoms with Crippen LogP contribution in [0.25, 0.3) is 0 Å². The van der Waals surface area contributed by atoms with E-state index in [0.29, 0.717) is 17.1 Å². The van der Waals surface area contributed by atoms with E-state index in [2.05, 4.69) is 36.4 Å². The maximum Gasteiger partial charge on any atom is 0.337 e. The Morgan fingerprint density at radius 3 is 1.36 bits per heavy atom. The van der Waals surface area contributed by atoms with E-state index >= 15 is 0 Å². The molecule has 7 aromatic carbocycles. The summed E-state index contributed by atoms with van der Waals surface area (Å²) in [5.41, 5.74) is 4.95. The predicted molar refractivity (Wildman–Crippen MR) is 244 cm³/mol. The topological polar surface area (TPSA) is 90.9 Å². The maximum atomic E-state index is 12.6. The Morgan fingerprint density at radius 2 is 0.922 bits per heavy atom. The second-order valence-corrected chi connectivity index (χ2v) is 15.4. The van der Waals surface area contributed by atoms with Gasteiger partial charge < -0.3 is 37.9 Å². The molecule has 1 fully saturated rings. The van der Waals surface area contributed by atoms with E-state index < -0.39 is 42.3 Å². The smallest absolute Gasteiger partial charge is 0.337 e. The summed E-state index contributed by atoms with van der Waals surface area (Å²) in [5.74, 6) is 0.124. The molecule has 326 valence electrons. The summed E-state index contributed by atoms with van der Waals surface area (Å²) in [7, 11) is 2.85. The van der Waals surface area contributed by atoms with Gasteiger partial charge in [-0.05, 0) is 51.6 Å². The molecule has 5 atom stereocenters. The van der Waals surface area contributed by atoms with E-state index in [9.17, 15) is 4.79 Å². The molecule has 0 aliphatic carbocycles. The van der Waals surface area contributed by atoms with Crippen molar-refractivity contribution in [3.63, 3.8) is 0 Å². The van der Waals surface area contributed by atoms with Gasteiger partial charge in [0.05, 0.1) is 46.2 Å². The second-order valence-electron chi connectivity index (χ2n) is 15.4. The summed E-state index contributed by atoms with van der Waals surface area (Å²) in [6.07, 6.45) is -4.24. The number of hydrogen-bond acceptors (Lipinski definition) is 9. The van der Waals surface area contributed by atoms with Crippen LogP contribution in [0.2, 0.25) is 0 Å². The molecule has 0 spiro atoms. The van der Waals surface area contributed by atoms with Crippen molar-refractivity contribution < 1.29 is 42.7 Å². The Balaban J connectivity index is 1.24. The van der Waals surface area contributed by atoms with E-state index in [-0.39, 0.29) is 26.4 Å². The van der Waals surface area contributed by atoms with Crippen LogP contribution in [0.5, 0.6) is 11.5 Å². The maximum absolute atomic E-state index is 12.6. The van der Waals surface area contributed by atoms with Crippen LogP contribution in [-0.4, -0.2) is 57.5 Å². The van der Waals surface area contributed by atoms with Crippen molar-refractivity contribution in [2.75, 3.05) is 20.8 Å². The Morgan fingerprint density at radius 1 is 0.500 bits per heavy atom. The fourth-order valence-corrected chi connectivity index (χ4v) is 8.09. The van der Waals surface area contributed by atoms with Crippen LogP contribution >= 0.6 is 0 Å². The summed E-state index contributed by atoms with van der Waals surface area (Å²) in [6.45, 7) is 0.774. The van der Waals surface area contributed by atoms with Gasteiger partial charge in [0.15, 0.2) is 11.5 Å². The number of carbonyl (C=O) groups is 1. The minimum Gasteiger partial charge on any atom is -0.493 e. The molecule has 1 aliphatic rings. The highest BCUT2D eigenvalue weighted by atomic mass is 16.7. The fourth-order valence-electron chi connectivity index (χ4n) is 8.09. The highest BCUT2D eigenvalue weighted by Crippen LogP contribution is 2.42. The minimum atomic E-state index is -1.09. The zero-order valence-electron chi connectivity index (χ0n) is 35.9. The number of ether oxygens (including phenoxy) is 8. The van der Waals surface area contributed by atoms with Crippen molar-refractivity contribution in [1.29, 1.82) is 0 Å². The molecule has 1 aliphatic heterocycles. The van der Waals surface area contributed by atoms with Crippen LogP contribution in [0.4, 0.5) is 0 Å². The molecule has 0 unspecified atom stereocenters. The average Bonchev–Trinajstić information content (AvgIpc) is 3.37. The zero-order valence-corrected chi connectivity index (χ0v) is 35.9. The van der Waals surface area contributed by atoms with E-state index in [1.807, 2.05) is 146 Å². The van der Waals surface area contributed by atoms with Gasteiger partial charge >= 0.3 is 5.97 Å². The number of esters is 1. The van der Waals surface area contributed by atoms with E-state index in [1.54, 1.807) is 18.2 Å². The lowest BCUT2D eigenvalue weighted by Crippen LogP contribution is -2.63. The van der Waals surface area contributed by atoms with Crippen molar-refractivity contribution in [2.24, 2.45) is 0 Å². The van der Waals surface area contributed by atoms with E-state index in [4.69, 9.17) is 37.9 Å². The van der Waals surface area contributed by atoms with Gasteiger partial charge in [0, 0.05) is 0 Å². The Bertz CT molecular complexity index is 2380. The first kappa shape index (κ1) is 44.0. The number of carbonyl (C=O) groups excluding carboxylic acids is 1. The number of methoxy groups -OCH3 is 2. The number of benzene rings is 7. The van der Waals surface area contributed by atoms with Crippen molar-refractivity contribution >= 4 is 5.97 Å². The Labute approximate surface area is 375 Å². The molecule has 1 heterocycles. The zero-order chi connectivity index (χ0) is 44.0. The van der Waals surface area contributed by atoms with Crippen molar-refractivity contribution in [3.8, 4) is 11.5 Å². The van der Waals surface area contributed by atoms with Gasteiger partial charge in [-0.1, -0.05) is 182 Å². The average molecular weight is 857 g/mol. The molecule has 0 N–H and O–H groups in total. The van der Waals surface area contributed by atoms with Crippen molar-refractivity contribution in [3.05, 3.63) is 239 Å². The van der Waals surface area contributed by atoms with Crippen LogP contribution in [0.1, 0.15) is 43.7 Å². The second kappa shape index (κ2) is 21.7. The van der Waals surface area contributed by atoms with Crippen molar-refractivity contribution in [2.45, 2.75) is 56.1 Å². The summed E-state index contributed by atoms with van der Waals surface area (Å²) < 4.78 is 53.1. The van der Waals surface area contributed by atoms with Gasteiger partial charge in [-0.2, -0.15) is 0 Å². The van der Waals surface area contributed by atoms with E-state index in [0.717, 1.165) is 33.4 Å². The fraction of sp³-hybridized carbons (Fsp3) is 0.218. The molecule has 8 rings (SSSR count). The molecule has 0 bridgehead atoms. The summed E-state index contributed by atoms with van der Waals surface area (Å²) in [5, 5.41) is 0. The standard InChI is InChI=1S/C55H52O9/c1-57-48-35-43(53(56)58-2)33-34-47(48)63-54-52(61-38-42-25-13-5-14-26-42)51(60-37-41-23-11-4-12-24-41)50(59-36-40-21-9-3-10-22-40)49(64-54)39-62-55(44-27-15-6-16-28-44,45-29-17-7-18-30-45)46-31-19-8-20-32-46/h3-35,49-52,54H,36-39H2,1-2H3/t49-,50-,51-,52-,54-/m1/s1. The lowest BCUT2D eigenvalue weighted by atomic mass is 9.80. The molecule has 9 nitrogen and oxygen atoms in total. The molecular formula is C55H52O9. The van der Waals surface area contributed by atoms with Crippen LogP contribution in [-0.2, 0) is 53.8 Å². The van der Waals surface area contributed by atoms with Crippen LogP contribution in [0.3, 0.4) is 0 Å². The third-order valence-corrected chi connectivity index (χ3v) is 11.3. The monoisotopic (exact) mass is 856 g/mol. The molecule has 1 saturated heterocycles. The van der Waals surface area contributed by atoms with E-state index in [1.165, 1.54) is 14.2 Å². The minimum absolute atomic E-state index is 0.0347. The molecule has 64 heavy (non-hydrogen) atoms. The molecule has 0 aromatic heterocycles. The Kier molecular flexibility index (Phi) is 14.9. The highest BCUT2D eigenvalue weighted by molar-refractivity contribution is 5.90. The quantitative estimate of drug-likeness (QED) is 0.0582. The van der Waals surface area contributed by atoms with Gasteiger partial charge in [-0.15, -0.1) is 0 Å². The van der Waals surface area contributed by atoms with Gasteiger partial charge in [-0.3, -0.25) is 0 Å². The largest absolute Gasteiger partial charge is 0.493 e. The number of rotatable bonds is 19. The summed E-state index contributed by atoms with van der Waals surface area (Å²) in [4.78, 5) is 12.6. The van der Waals surface area contributed by atoms with Crippen molar-refractivity contribution in [1.82, 2.24) is 0 Å². The first-order chi connectivity index (χ1) is 31.6. The van der Waals surface area contributed by atoms with Gasteiger partial charge in [0.1, 0.15) is 30.0 Å². The first-order valence-corrected chi connectivity index (χ1v) is 21.4. The summed E-state index contributed by atoms with van der Waals surface area (Å²) >= 11 is 0. The third kappa shape index (κ3) is 10.4. The molecule has 7 aromatic rings. The van der Waals surface area contributed by atoms with Crippen LogP contribution in [0, 0.1) is 0 Å². The lowest BCUT2D eigenvalue weighted by Gasteiger charge is -2.47. The third-order valence-electron chi connectivity index (χ3n) is 11.3. The summed E-state index contributed by atoms with van der Waals surface area (Å²) in [6, 6.07) is 65.4. The predicted octanol–water partition coefficient (Wildman–Crippen LogP) is 10.4. The molecule has 0 amide bonds.